The molecular formula is C9H10ClF2NO. The fourth-order valence-corrected chi connectivity index (χ4v) is 1.16. The molecular weight excluding hydrogens is 212 g/mol. The fraction of sp³-hybridized carbons (Fsp3) is 0.333. The second-order valence-corrected chi connectivity index (χ2v) is 3.03. The van der Waals surface area contributed by atoms with Crippen molar-refractivity contribution in [3.05, 3.63) is 23.2 Å². The van der Waals surface area contributed by atoms with Gasteiger partial charge in [-0.3, -0.25) is 0 Å². The zero-order chi connectivity index (χ0) is 10.6. The summed E-state index contributed by atoms with van der Waals surface area (Å²) in [6.07, 6.45) is -2.38. The van der Waals surface area contributed by atoms with Crippen molar-refractivity contribution >= 4 is 17.3 Å². The largest absolute Gasteiger partial charge is 0.495 e. The number of halogens is 3. The highest BCUT2D eigenvalue weighted by Crippen LogP contribution is 2.27. The Bertz CT molecular complexity index is 307. The molecule has 0 saturated carbocycles. The van der Waals surface area contributed by atoms with Gasteiger partial charge >= 0.3 is 0 Å². The summed E-state index contributed by atoms with van der Waals surface area (Å²) >= 11 is 5.76. The van der Waals surface area contributed by atoms with Gasteiger partial charge in [0.15, 0.2) is 0 Å². The summed E-state index contributed by atoms with van der Waals surface area (Å²) in [5, 5.41) is 3.01. The Labute approximate surface area is 85.8 Å². The lowest BCUT2D eigenvalue weighted by Crippen LogP contribution is -2.10. The Morgan fingerprint density at radius 2 is 2.21 bits per heavy atom. The molecule has 0 aromatic heterocycles. The Kier molecular flexibility index (Phi) is 3.95. The van der Waals surface area contributed by atoms with Gasteiger partial charge in [-0.2, -0.15) is 0 Å². The molecule has 1 rings (SSSR count). The molecule has 1 aromatic rings. The molecule has 1 N–H and O–H groups in total. The summed E-state index contributed by atoms with van der Waals surface area (Å²) in [6, 6.07) is 4.78. The van der Waals surface area contributed by atoms with Crippen LogP contribution in [0.3, 0.4) is 0 Å². The molecule has 1 aromatic carbocycles. The third-order valence-electron chi connectivity index (χ3n) is 1.61. The molecule has 14 heavy (non-hydrogen) atoms. The molecule has 0 aliphatic carbocycles. The zero-order valence-corrected chi connectivity index (χ0v) is 8.31. The minimum absolute atomic E-state index is 0.384. The molecule has 0 fully saturated rings. The van der Waals surface area contributed by atoms with Crippen LogP contribution < -0.4 is 10.1 Å². The first kappa shape index (κ1) is 11.0. The summed E-state index contributed by atoms with van der Waals surface area (Å²) in [5.41, 5.74) is 0.562. The average Bonchev–Trinajstić information content (AvgIpc) is 2.16. The van der Waals surface area contributed by atoms with Crippen molar-refractivity contribution in [2.45, 2.75) is 6.43 Å². The van der Waals surface area contributed by atoms with Gasteiger partial charge in [0.25, 0.3) is 6.43 Å². The topological polar surface area (TPSA) is 21.3 Å². The van der Waals surface area contributed by atoms with Gasteiger partial charge in [0.05, 0.1) is 18.7 Å². The van der Waals surface area contributed by atoms with E-state index < -0.39 is 6.43 Å². The predicted octanol–water partition coefficient (Wildman–Crippen LogP) is 3.03. The summed E-state index contributed by atoms with van der Waals surface area (Å²) in [4.78, 5) is 0. The van der Waals surface area contributed by atoms with Crippen molar-refractivity contribution in [3.8, 4) is 5.75 Å². The molecule has 0 amide bonds. The van der Waals surface area contributed by atoms with E-state index in [9.17, 15) is 8.78 Å². The molecule has 2 nitrogen and oxygen atoms in total. The first-order valence-corrected chi connectivity index (χ1v) is 4.37. The van der Waals surface area contributed by atoms with Crippen molar-refractivity contribution in [3.63, 3.8) is 0 Å². The Hall–Kier alpha value is -1.03. The summed E-state index contributed by atoms with van der Waals surface area (Å²) in [5.74, 6) is 0.464. The maximum atomic E-state index is 11.9. The first-order valence-electron chi connectivity index (χ1n) is 3.99. The number of hydrogen-bond donors (Lipinski definition) is 1. The molecule has 0 aliphatic heterocycles. The van der Waals surface area contributed by atoms with Gasteiger partial charge in [-0.15, -0.1) is 0 Å². The second kappa shape index (κ2) is 5.00. The molecule has 0 atom stereocenters. The summed E-state index contributed by atoms with van der Waals surface area (Å²) in [7, 11) is 1.47. The van der Waals surface area contributed by atoms with E-state index in [-0.39, 0.29) is 6.54 Å². The lowest BCUT2D eigenvalue weighted by Gasteiger charge is -2.08. The Balaban J connectivity index is 2.69. The van der Waals surface area contributed by atoms with Crippen LogP contribution in [0.5, 0.6) is 5.75 Å². The predicted molar refractivity (Wildman–Crippen MR) is 52.5 cm³/mol. The summed E-state index contributed by atoms with van der Waals surface area (Å²) < 4.78 is 28.7. The van der Waals surface area contributed by atoms with Gasteiger partial charge in [-0.05, 0) is 12.1 Å². The molecule has 5 heteroatoms. The van der Waals surface area contributed by atoms with Gasteiger partial charge in [-0.1, -0.05) is 11.6 Å². The monoisotopic (exact) mass is 221 g/mol. The summed E-state index contributed by atoms with van der Waals surface area (Å²) in [6.45, 7) is -0.384. The zero-order valence-electron chi connectivity index (χ0n) is 7.56. The van der Waals surface area contributed by atoms with Gasteiger partial charge < -0.3 is 10.1 Å². The van der Waals surface area contributed by atoms with Gasteiger partial charge in [0.2, 0.25) is 0 Å². The first-order chi connectivity index (χ1) is 6.63. The number of alkyl halides is 2. The SMILES string of the molecule is COc1cc(NCC(F)F)ccc1Cl. The van der Waals surface area contributed by atoms with Crippen LogP contribution in [0.4, 0.5) is 14.5 Å². The number of hydrogen-bond acceptors (Lipinski definition) is 2. The molecule has 0 unspecified atom stereocenters. The number of anilines is 1. The van der Waals surface area contributed by atoms with Crippen LogP contribution in [-0.2, 0) is 0 Å². The van der Waals surface area contributed by atoms with E-state index in [1.165, 1.54) is 7.11 Å². The Morgan fingerprint density at radius 1 is 1.50 bits per heavy atom. The highest BCUT2D eigenvalue weighted by Gasteiger charge is 2.04. The average molecular weight is 222 g/mol. The van der Waals surface area contributed by atoms with E-state index in [1.807, 2.05) is 0 Å². The standard InChI is InChI=1S/C9H10ClF2NO/c1-14-8-4-6(2-3-7(8)10)13-5-9(11)12/h2-4,9,13H,5H2,1H3. The normalized spacial score (nSPS) is 10.4. The van der Waals surface area contributed by atoms with Gasteiger partial charge in [0, 0.05) is 11.8 Å². The van der Waals surface area contributed by atoms with Crippen LogP contribution >= 0.6 is 11.6 Å². The van der Waals surface area contributed by atoms with E-state index >= 15 is 0 Å². The van der Waals surface area contributed by atoms with Crippen LogP contribution in [0.1, 0.15) is 0 Å². The highest BCUT2D eigenvalue weighted by molar-refractivity contribution is 6.32. The highest BCUT2D eigenvalue weighted by atomic mass is 35.5. The maximum absolute atomic E-state index is 11.9. The van der Waals surface area contributed by atoms with Crippen molar-refractivity contribution < 1.29 is 13.5 Å². The molecule has 0 heterocycles. The molecule has 0 aliphatic rings. The van der Waals surface area contributed by atoms with Crippen LogP contribution in [0.25, 0.3) is 0 Å². The van der Waals surface area contributed by atoms with E-state index in [4.69, 9.17) is 16.3 Å². The van der Waals surface area contributed by atoms with Crippen LogP contribution in [0.2, 0.25) is 5.02 Å². The second-order valence-electron chi connectivity index (χ2n) is 2.62. The molecule has 78 valence electrons. The van der Waals surface area contributed by atoms with Crippen LogP contribution in [0, 0.1) is 0 Å². The van der Waals surface area contributed by atoms with Gasteiger partial charge in [-0.25, -0.2) is 8.78 Å². The molecule has 0 radical (unpaired) electrons. The lowest BCUT2D eigenvalue weighted by molar-refractivity contribution is 0.163. The molecule has 0 spiro atoms. The van der Waals surface area contributed by atoms with Crippen molar-refractivity contribution in [1.82, 2.24) is 0 Å². The smallest absolute Gasteiger partial charge is 0.255 e. The van der Waals surface area contributed by atoms with Crippen LogP contribution in [0.15, 0.2) is 18.2 Å². The molecule has 0 bridgehead atoms. The van der Waals surface area contributed by atoms with E-state index in [1.54, 1.807) is 18.2 Å². The number of benzene rings is 1. The number of methoxy groups -OCH3 is 1. The molecule has 0 saturated heterocycles. The number of nitrogens with one attached hydrogen (secondary N) is 1. The van der Waals surface area contributed by atoms with E-state index in [0.29, 0.717) is 16.5 Å². The number of rotatable bonds is 4. The minimum atomic E-state index is -2.38. The number of ether oxygens (including phenoxy) is 1. The minimum Gasteiger partial charge on any atom is -0.495 e. The van der Waals surface area contributed by atoms with Crippen LogP contribution in [-0.4, -0.2) is 20.1 Å². The maximum Gasteiger partial charge on any atom is 0.255 e. The third kappa shape index (κ3) is 3.03. The lowest BCUT2D eigenvalue weighted by atomic mass is 10.3. The van der Waals surface area contributed by atoms with Crippen molar-refractivity contribution in [2.75, 3.05) is 19.0 Å². The fourth-order valence-electron chi connectivity index (χ4n) is 0.965. The van der Waals surface area contributed by atoms with Crippen molar-refractivity contribution in [2.24, 2.45) is 0 Å². The van der Waals surface area contributed by atoms with Gasteiger partial charge in [0.1, 0.15) is 5.75 Å². The Morgan fingerprint density at radius 3 is 2.79 bits per heavy atom. The van der Waals surface area contributed by atoms with E-state index in [0.717, 1.165) is 0 Å². The van der Waals surface area contributed by atoms with E-state index in [2.05, 4.69) is 5.32 Å². The third-order valence-corrected chi connectivity index (χ3v) is 1.92. The quantitative estimate of drug-likeness (QED) is 0.844. The van der Waals surface area contributed by atoms with Crippen molar-refractivity contribution in [1.29, 1.82) is 0 Å².